The van der Waals surface area contributed by atoms with Gasteiger partial charge in [0.1, 0.15) is 5.75 Å². The number of piperidine rings is 1. The first-order valence-corrected chi connectivity index (χ1v) is 9.53. The third kappa shape index (κ3) is 3.76. The van der Waals surface area contributed by atoms with Crippen molar-refractivity contribution in [3.05, 3.63) is 51.2 Å². The van der Waals surface area contributed by atoms with Crippen molar-refractivity contribution in [3.63, 3.8) is 0 Å². The molecule has 0 bridgehead atoms. The smallest absolute Gasteiger partial charge is 0.263 e. The predicted molar refractivity (Wildman–Crippen MR) is 99.5 cm³/mol. The number of phenolic OH excluding ortho intramolecular Hbond substituents is 1. The van der Waals surface area contributed by atoms with Crippen molar-refractivity contribution in [1.82, 2.24) is 4.90 Å². The van der Waals surface area contributed by atoms with Crippen LogP contribution in [0.15, 0.2) is 30.3 Å². The standard InChI is InChI=1S/C20H23NO3S/c1-3-14-12-18(25-13(14)2)20(24)21-10-8-16(9-11-21)19(23)15-4-6-17(22)7-5-15/h4-7,12,16,22H,3,8-11H2,1-2H3. The van der Waals surface area contributed by atoms with Crippen molar-refractivity contribution in [2.45, 2.75) is 33.1 Å². The highest BCUT2D eigenvalue weighted by Gasteiger charge is 2.29. The second kappa shape index (κ2) is 7.40. The number of hydrogen-bond acceptors (Lipinski definition) is 4. The molecular formula is C20H23NO3S. The number of ketones is 1. The maximum absolute atomic E-state index is 12.7. The van der Waals surface area contributed by atoms with E-state index in [0.717, 1.165) is 11.3 Å². The van der Waals surface area contributed by atoms with Gasteiger partial charge in [-0.25, -0.2) is 0 Å². The van der Waals surface area contributed by atoms with Crippen LogP contribution >= 0.6 is 11.3 Å². The van der Waals surface area contributed by atoms with Crippen LogP contribution in [0.2, 0.25) is 0 Å². The normalized spacial score (nSPS) is 15.4. The number of aromatic hydroxyl groups is 1. The lowest BCUT2D eigenvalue weighted by Gasteiger charge is -2.31. The van der Waals surface area contributed by atoms with Crippen LogP contribution in [0, 0.1) is 12.8 Å². The molecule has 132 valence electrons. The Hall–Kier alpha value is -2.14. The first-order chi connectivity index (χ1) is 12.0. The molecule has 0 saturated carbocycles. The summed E-state index contributed by atoms with van der Waals surface area (Å²) in [6.45, 7) is 5.39. The number of benzene rings is 1. The van der Waals surface area contributed by atoms with Gasteiger partial charge < -0.3 is 10.0 Å². The van der Waals surface area contributed by atoms with E-state index in [9.17, 15) is 14.7 Å². The number of thiophene rings is 1. The van der Waals surface area contributed by atoms with E-state index in [1.54, 1.807) is 23.5 Å². The monoisotopic (exact) mass is 357 g/mol. The van der Waals surface area contributed by atoms with E-state index in [0.29, 0.717) is 31.5 Å². The number of amides is 1. The quantitative estimate of drug-likeness (QED) is 0.840. The minimum atomic E-state index is -0.0510. The first kappa shape index (κ1) is 17.7. The Morgan fingerprint density at radius 3 is 2.40 bits per heavy atom. The molecular weight excluding hydrogens is 334 g/mol. The van der Waals surface area contributed by atoms with E-state index < -0.39 is 0 Å². The Morgan fingerprint density at radius 2 is 1.84 bits per heavy atom. The molecule has 0 aliphatic carbocycles. The van der Waals surface area contributed by atoms with Crippen LogP contribution in [0.1, 0.15) is 50.2 Å². The summed E-state index contributed by atoms with van der Waals surface area (Å²) in [5.41, 5.74) is 1.87. The average Bonchev–Trinajstić information content (AvgIpc) is 3.02. The second-order valence-corrected chi connectivity index (χ2v) is 7.78. The van der Waals surface area contributed by atoms with Crippen molar-refractivity contribution < 1.29 is 14.7 Å². The molecule has 1 aromatic heterocycles. The lowest BCUT2D eigenvalue weighted by atomic mass is 9.89. The molecule has 1 saturated heterocycles. The molecule has 1 aliphatic rings. The van der Waals surface area contributed by atoms with E-state index in [1.807, 2.05) is 11.0 Å². The highest BCUT2D eigenvalue weighted by Crippen LogP contribution is 2.27. The molecule has 1 aromatic carbocycles. The molecule has 0 spiro atoms. The van der Waals surface area contributed by atoms with E-state index in [-0.39, 0.29) is 23.4 Å². The second-order valence-electron chi connectivity index (χ2n) is 6.52. The molecule has 0 radical (unpaired) electrons. The predicted octanol–water partition coefficient (Wildman–Crippen LogP) is 4.06. The molecule has 4 nitrogen and oxygen atoms in total. The Balaban J connectivity index is 1.62. The van der Waals surface area contributed by atoms with Crippen LogP contribution in [-0.4, -0.2) is 34.8 Å². The van der Waals surface area contributed by atoms with Crippen LogP contribution in [0.4, 0.5) is 0 Å². The number of rotatable bonds is 4. The fourth-order valence-corrected chi connectivity index (χ4v) is 4.42. The molecule has 0 atom stereocenters. The van der Waals surface area contributed by atoms with Gasteiger partial charge in [0.05, 0.1) is 4.88 Å². The fraction of sp³-hybridized carbons (Fsp3) is 0.400. The van der Waals surface area contributed by atoms with Gasteiger partial charge in [0.15, 0.2) is 5.78 Å². The van der Waals surface area contributed by atoms with Crippen LogP contribution in [-0.2, 0) is 6.42 Å². The molecule has 1 aliphatic heterocycles. The number of Topliss-reactive ketones (excluding diaryl/α,β-unsaturated/α-hetero) is 1. The SMILES string of the molecule is CCc1cc(C(=O)N2CCC(C(=O)c3ccc(O)cc3)CC2)sc1C. The van der Waals surface area contributed by atoms with Gasteiger partial charge in [-0.05, 0) is 62.1 Å². The minimum Gasteiger partial charge on any atom is -0.508 e. The van der Waals surface area contributed by atoms with Gasteiger partial charge in [-0.2, -0.15) is 0 Å². The Kier molecular flexibility index (Phi) is 5.23. The Bertz CT molecular complexity index is 771. The Labute approximate surface area is 152 Å². The molecule has 1 N–H and O–H groups in total. The zero-order valence-corrected chi connectivity index (χ0v) is 15.4. The number of aryl methyl sites for hydroxylation is 2. The summed E-state index contributed by atoms with van der Waals surface area (Å²) in [6, 6.07) is 8.41. The van der Waals surface area contributed by atoms with Crippen molar-refractivity contribution >= 4 is 23.0 Å². The minimum absolute atomic E-state index is 0.0510. The summed E-state index contributed by atoms with van der Waals surface area (Å²) in [7, 11) is 0. The first-order valence-electron chi connectivity index (χ1n) is 8.71. The summed E-state index contributed by atoms with van der Waals surface area (Å²) in [4.78, 5) is 29.1. The number of carbonyl (C=O) groups excluding carboxylic acids is 2. The van der Waals surface area contributed by atoms with Crippen LogP contribution in [0.3, 0.4) is 0 Å². The number of phenols is 1. The van der Waals surface area contributed by atoms with Gasteiger partial charge in [0, 0.05) is 29.4 Å². The van der Waals surface area contributed by atoms with Crippen LogP contribution in [0.5, 0.6) is 5.75 Å². The zero-order chi connectivity index (χ0) is 18.0. The third-order valence-electron chi connectivity index (χ3n) is 4.92. The number of likely N-dealkylation sites (tertiary alicyclic amines) is 1. The van der Waals surface area contributed by atoms with Crippen molar-refractivity contribution in [2.24, 2.45) is 5.92 Å². The highest BCUT2D eigenvalue weighted by molar-refractivity contribution is 7.14. The lowest BCUT2D eigenvalue weighted by Crippen LogP contribution is -2.40. The maximum Gasteiger partial charge on any atom is 0.263 e. The number of nitrogens with zero attached hydrogens (tertiary/aromatic N) is 1. The summed E-state index contributed by atoms with van der Waals surface area (Å²) in [5.74, 6) is 0.301. The summed E-state index contributed by atoms with van der Waals surface area (Å²) < 4.78 is 0. The highest BCUT2D eigenvalue weighted by atomic mass is 32.1. The average molecular weight is 357 g/mol. The number of hydrogen-bond donors (Lipinski definition) is 1. The van der Waals surface area contributed by atoms with Crippen LogP contribution < -0.4 is 0 Å². The van der Waals surface area contributed by atoms with E-state index in [4.69, 9.17) is 0 Å². The topological polar surface area (TPSA) is 57.6 Å². The van der Waals surface area contributed by atoms with Crippen molar-refractivity contribution in [1.29, 1.82) is 0 Å². The summed E-state index contributed by atoms with van der Waals surface area (Å²) in [6.07, 6.45) is 2.33. The fourth-order valence-electron chi connectivity index (χ4n) is 3.34. The van der Waals surface area contributed by atoms with E-state index in [1.165, 1.54) is 22.6 Å². The van der Waals surface area contributed by atoms with Gasteiger partial charge in [-0.1, -0.05) is 6.92 Å². The van der Waals surface area contributed by atoms with Gasteiger partial charge >= 0.3 is 0 Å². The molecule has 3 rings (SSSR count). The van der Waals surface area contributed by atoms with Crippen molar-refractivity contribution in [3.8, 4) is 5.75 Å². The third-order valence-corrected chi connectivity index (χ3v) is 6.00. The largest absolute Gasteiger partial charge is 0.508 e. The molecule has 5 heteroatoms. The summed E-state index contributed by atoms with van der Waals surface area (Å²) >= 11 is 1.56. The maximum atomic E-state index is 12.7. The molecule has 25 heavy (non-hydrogen) atoms. The Morgan fingerprint density at radius 1 is 1.20 bits per heavy atom. The number of carbonyl (C=O) groups is 2. The van der Waals surface area contributed by atoms with Gasteiger partial charge in [-0.3, -0.25) is 9.59 Å². The van der Waals surface area contributed by atoms with Crippen molar-refractivity contribution in [2.75, 3.05) is 13.1 Å². The van der Waals surface area contributed by atoms with E-state index in [2.05, 4.69) is 13.8 Å². The van der Waals surface area contributed by atoms with Gasteiger partial charge in [-0.15, -0.1) is 11.3 Å². The lowest BCUT2D eigenvalue weighted by molar-refractivity contribution is 0.0654. The molecule has 1 fully saturated rings. The molecule has 1 amide bonds. The summed E-state index contributed by atoms with van der Waals surface area (Å²) in [5, 5.41) is 9.34. The molecule has 2 heterocycles. The van der Waals surface area contributed by atoms with E-state index >= 15 is 0 Å². The molecule has 0 unspecified atom stereocenters. The molecule has 2 aromatic rings. The van der Waals surface area contributed by atoms with Gasteiger partial charge in [0.25, 0.3) is 5.91 Å². The van der Waals surface area contributed by atoms with Gasteiger partial charge in [0.2, 0.25) is 0 Å². The van der Waals surface area contributed by atoms with Crippen LogP contribution in [0.25, 0.3) is 0 Å². The zero-order valence-electron chi connectivity index (χ0n) is 14.6.